The maximum Gasteiger partial charge on any atom is 0.151 e. The van der Waals surface area contributed by atoms with Crippen LogP contribution in [-0.4, -0.2) is 47.7 Å². The Morgan fingerprint density at radius 1 is 1.22 bits per heavy atom. The standard InChI is InChI=1S/C13H22N4O/c14-8-12-7-13(18-15-12)10-17-5-3-16(4-6-17)9-11-1-2-11/h7,11H,1-6,8-10,14H2. The summed E-state index contributed by atoms with van der Waals surface area (Å²) in [7, 11) is 0. The number of hydrogen-bond acceptors (Lipinski definition) is 5. The molecule has 0 atom stereocenters. The summed E-state index contributed by atoms with van der Waals surface area (Å²) in [6, 6.07) is 1.97. The van der Waals surface area contributed by atoms with Crippen LogP contribution < -0.4 is 5.73 Å². The topological polar surface area (TPSA) is 58.5 Å². The molecule has 2 fully saturated rings. The van der Waals surface area contributed by atoms with Gasteiger partial charge in [-0.1, -0.05) is 5.16 Å². The third-order valence-electron chi connectivity index (χ3n) is 3.87. The fraction of sp³-hybridized carbons (Fsp3) is 0.769. The quantitative estimate of drug-likeness (QED) is 0.832. The molecule has 18 heavy (non-hydrogen) atoms. The molecule has 2 heterocycles. The molecule has 0 bridgehead atoms. The number of rotatable bonds is 5. The first-order chi connectivity index (χ1) is 8.83. The Labute approximate surface area is 108 Å². The molecule has 5 heteroatoms. The fourth-order valence-corrected chi connectivity index (χ4v) is 2.54. The van der Waals surface area contributed by atoms with Gasteiger partial charge in [-0.25, -0.2) is 0 Å². The van der Waals surface area contributed by atoms with Crippen molar-refractivity contribution in [3.05, 3.63) is 17.5 Å². The van der Waals surface area contributed by atoms with E-state index in [1.807, 2.05) is 6.07 Å². The second kappa shape index (κ2) is 5.38. The van der Waals surface area contributed by atoms with E-state index in [4.69, 9.17) is 10.3 Å². The second-order valence-corrected chi connectivity index (χ2v) is 5.51. The zero-order valence-corrected chi connectivity index (χ0v) is 10.8. The van der Waals surface area contributed by atoms with Gasteiger partial charge >= 0.3 is 0 Å². The van der Waals surface area contributed by atoms with Gasteiger partial charge in [0, 0.05) is 45.3 Å². The van der Waals surface area contributed by atoms with Gasteiger partial charge in [0.1, 0.15) is 0 Å². The van der Waals surface area contributed by atoms with Gasteiger partial charge in [-0.05, 0) is 18.8 Å². The first-order valence-electron chi connectivity index (χ1n) is 6.93. The molecule has 0 radical (unpaired) electrons. The van der Waals surface area contributed by atoms with Crippen molar-refractivity contribution in [2.24, 2.45) is 11.7 Å². The molecule has 0 spiro atoms. The van der Waals surface area contributed by atoms with Crippen LogP contribution >= 0.6 is 0 Å². The zero-order chi connectivity index (χ0) is 12.4. The molecule has 3 rings (SSSR count). The summed E-state index contributed by atoms with van der Waals surface area (Å²) in [5.41, 5.74) is 6.37. The van der Waals surface area contributed by atoms with Gasteiger partial charge in [-0.3, -0.25) is 4.90 Å². The highest BCUT2D eigenvalue weighted by Crippen LogP contribution is 2.29. The average Bonchev–Trinajstić information content (AvgIpc) is 3.09. The van der Waals surface area contributed by atoms with E-state index < -0.39 is 0 Å². The molecule has 100 valence electrons. The lowest BCUT2D eigenvalue weighted by atomic mass is 10.2. The lowest BCUT2D eigenvalue weighted by molar-refractivity contribution is 0.115. The van der Waals surface area contributed by atoms with E-state index in [1.165, 1.54) is 32.5 Å². The summed E-state index contributed by atoms with van der Waals surface area (Å²) < 4.78 is 5.27. The summed E-state index contributed by atoms with van der Waals surface area (Å²) in [4.78, 5) is 5.03. The van der Waals surface area contributed by atoms with Crippen LogP contribution in [0.25, 0.3) is 0 Å². The summed E-state index contributed by atoms with van der Waals surface area (Å²) in [6.45, 7) is 7.27. The molecule has 1 saturated heterocycles. The van der Waals surface area contributed by atoms with Gasteiger partial charge in [-0.15, -0.1) is 0 Å². The molecule has 1 saturated carbocycles. The predicted octanol–water partition coefficient (Wildman–Crippen LogP) is 0.661. The van der Waals surface area contributed by atoms with E-state index in [2.05, 4.69) is 15.0 Å². The molecule has 0 amide bonds. The number of nitrogens with two attached hydrogens (primary N) is 1. The molecule has 2 aliphatic rings. The molecule has 0 unspecified atom stereocenters. The summed E-state index contributed by atoms with van der Waals surface area (Å²) in [5.74, 6) is 1.93. The highest BCUT2D eigenvalue weighted by atomic mass is 16.5. The largest absolute Gasteiger partial charge is 0.360 e. The summed E-state index contributed by atoms with van der Waals surface area (Å²) in [5, 5.41) is 3.93. The monoisotopic (exact) mass is 250 g/mol. The molecule has 2 N–H and O–H groups in total. The van der Waals surface area contributed by atoms with Crippen LogP contribution in [0.3, 0.4) is 0 Å². The van der Waals surface area contributed by atoms with Crippen molar-refractivity contribution in [2.45, 2.75) is 25.9 Å². The maximum absolute atomic E-state index is 5.52. The zero-order valence-electron chi connectivity index (χ0n) is 10.8. The van der Waals surface area contributed by atoms with Crippen molar-refractivity contribution in [1.82, 2.24) is 15.0 Å². The van der Waals surface area contributed by atoms with E-state index in [1.54, 1.807) is 0 Å². The van der Waals surface area contributed by atoms with Gasteiger partial charge < -0.3 is 15.2 Å². The molecular weight excluding hydrogens is 228 g/mol. The van der Waals surface area contributed by atoms with Crippen LogP contribution in [-0.2, 0) is 13.1 Å². The number of piperazine rings is 1. The average molecular weight is 250 g/mol. The lowest BCUT2D eigenvalue weighted by Crippen LogP contribution is -2.46. The molecule has 1 aliphatic heterocycles. The van der Waals surface area contributed by atoms with E-state index in [0.29, 0.717) is 6.54 Å². The van der Waals surface area contributed by atoms with Crippen molar-refractivity contribution >= 4 is 0 Å². The van der Waals surface area contributed by atoms with Crippen LogP contribution in [0.4, 0.5) is 0 Å². The Balaban J connectivity index is 1.44. The maximum atomic E-state index is 5.52. The van der Waals surface area contributed by atoms with Gasteiger partial charge in [0.05, 0.1) is 12.2 Å². The van der Waals surface area contributed by atoms with Crippen molar-refractivity contribution in [3.8, 4) is 0 Å². The number of hydrogen-bond donors (Lipinski definition) is 1. The lowest BCUT2D eigenvalue weighted by Gasteiger charge is -2.34. The highest BCUT2D eigenvalue weighted by molar-refractivity contribution is 5.04. The first kappa shape index (κ1) is 12.1. The Morgan fingerprint density at radius 2 is 1.94 bits per heavy atom. The van der Waals surface area contributed by atoms with Crippen molar-refractivity contribution in [2.75, 3.05) is 32.7 Å². The van der Waals surface area contributed by atoms with Gasteiger partial charge in [0.25, 0.3) is 0 Å². The fourth-order valence-electron chi connectivity index (χ4n) is 2.54. The molecule has 0 aromatic carbocycles. The number of aromatic nitrogens is 1. The smallest absolute Gasteiger partial charge is 0.151 e. The van der Waals surface area contributed by atoms with Crippen LogP contribution in [0.1, 0.15) is 24.3 Å². The normalized spacial score (nSPS) is 22.5. The summed E-state index contributed by atoms with van der Waals surface area (Å²) in [6.07, 6.45) is 2.89. The Hall–Kier alpha value is -0.910. The minimum Gasteiger partial charge on any atom is -0.360 e. The Bertz CT molecular complexity index is 380. The van der Waals surface area contributed by atoms with E-state index in [-0.39, 0.29) is 0 Å². The van der Waals surface area contributed by atoms with Gasteiger partial charge in [0.15, 0.2) is 5.76 Å². The van der Waals surface area contributed by atoms with Crippen molar-refractivity contribution < 1.29 is 4.52 Å². The minimum atomic E-state index is 0.457. The third-order valence-corrected chi connectivity index (χ3v) is 3.87. The Morgan fingerprint density at radius 3 is 2.56 bits per heavy atom. The van der Waals surface area contributed by atoms with Crippen LogP contribution in [0.2, 0.25) is 0 Å². The second-order valence-electron chi connectivity index (χ2n) is 5.51. The molecule has 5 nitrogen and oxygen atoms in total. The van der Waals surface area contributed by atoms with Crippen LogP contribution in [0.15, 0.2) is 10.6 Å². The first-order valence-corrected chi connectivity index (χ1v) is 6.93. The summed E-state index contributed by atoms with van der Waals surface area (Å²) >= 11 is 0. The highest BCUT2D eigenvalue weighted by Gasteiger charge is 2.26. The molecular formula is C13H22N4O. The van der Waals surface area contributed by atoms with Gasteiger partial charge in [0.2, 0.25) is 0 Å². The van der Waals surface area contributed by atoms with Crippen molar-refractivity contribution in [1.29, 1.82) is 0 Å². The minimum absolute atomic E-state index is 0.457. The van der Waals surface area contributed by atoms with E-state index >= 15 is 0 Å². The predicted molar refractivity (Wildman–Crippen MR) is 68.8 cm³/mol. The van der Waals surface area contributed by atoms with E-state index in [9.17, 15) is 0 Å². The van der Waals surface area contributed by atoms with Gasteiger partial charge in [-0.2, -0.15) is 0 Å². The van der Waals surface area contributed by atoms with E-state index in [0.717, 1.165) is 37.0 Å². The Kier molecular flexibility index (Phi) is 3.63. The van der Waals surface area contributed by atoms with Crippen molar-refractivity contribution in [3.63, 3.8) is 0 Å². The van der Waals surface area contributed by atoms with Crippen LogP contribution in [0.5, 0.6) is 0 Å². The molecule has 1 aromatic rings. The SMILES string of the molecule is NCc1cc(CN2CCN(CC3CC3)CC2)on1. The molecule has 1 aliphatic carbocycles. The van der Waals surface area contributed by atoms with Crippen LogP contribution in [0, 0.1) is 5.92 Å². The molecule has 1 aromatic heterocycles. The third kappa shape index (κ3) is 3.10. The number of nitrogens with zero attached hydrogens (tertiary/aromatic N) is 3.